The largest absolute Gasteiger partial charge is 0.492 e. The maximum Gasteiger partial charge on any atom is 0.237 e. The van der Waals surface area contributed by atoms with Gasteiger partial charge in [0.15, 0.2) is 5.16 Å². The van der Waals surface area contributed by atoms with E-state index < -0.39 is 0 Å². The molecule has 0 fully saturated rings. The van der Waals surface area contributed by atoms with Crippen LogP contribution in [0.3, 0.4) is 0 Å². The number of carbonyl (C=O) groups is 1. The summed E-state index contributed by atoms with van der Waals surface area (Å²) in [5, 5.41) is 3.43. The number of amides is 1. The van der Waals surface area contributed by atoms with Crippen molar-refractivity contribution in [3.8, 4) is 11.4 Å². The van der Waals surface area contributed by atoms with E-state index in [1.165, 1.54) is 22.9 Å². The van der Waals surface area contributed by atoms with Crippen LogP contribution in [0.1, 0.15) is 25.0 Å². The molecule has 3 aromatic rings. The lowest BCUT2D eigenvalue weighted by Crippen LogP contribution is -2.23. The lowest BCUT2D eigenvalue weighted by molar-refractivity contribution is -0.115. The summed E-state index contributed by atoms with van der Waals surface area (Å²) in [6.45, 7) is 8.50. The zero-order valence-corrected chi connectivity index (χ0v) is 17.4. The van der Waals surface area contributed by atoms with Gasteiger partial charge in [0.2, 0.25) is 5.91 Å². The van der Waals surface area contributed by atoms with Crippen LogP contribution in [0.15, 0.2) is 60.0 Å². The Kier molecular flexibility index (Phi) is 6.41. The second kappa shape index (κ2) is 8.97. The van der Waals surface area contributed by atoms with E-state index >= 15 is 0 Å². The number of nitrogens with zero attached hydrogens (tertiary/aromatic N) is 2. The Balaban J connectivity index is 1.74. The minimum Gasteiger partial charge on any atom is -0.492 e. The topological polar surface area (TPSA) is 56.1 Å². The number of hydrogen-bond donors (Lipinski definition) is 1. The van der Waals surface area contributed by atoms with E-state index in [0.717, 1.165) is 10.8 Å². The van der Waals surface area contributed by atoms with Gasteiger partial charge in [0.1, 0.15) is 5.75 Å². The zero-order valence-electron chi connectivity index (χ0n) is 16.6. The number of rotatable bonds is 7. The van der Waals surface area contributed by atoms with Gasteiger partial charge in [-0.2, -0.15) is 0 Å². The van der Waals surface area contributed by atoms with E-state index in [1.54, 1.807) is 6.20 Å². The first kappa shape index (κ1) is 20.0. The van der Waals surface area contributed by atoms with Gasteiger partial charge in [-0.1, -0.05) is 30.0 Å². The van der Waals surface area contributed by atoms with Gasteiger partial charge in [0.05, 0.1) is 17.5 Å². The number of ether oxygens (including phenoxy) is 1. The van der Waals surface area contributed by atoms with Crippen molar-refractivity contribution in [1.82, 2.24) is 9.55 Å². The molecule has 1 unspecified atom stereocenters. The lowest BCUT2D eigenvalue weighted by Gasteiger charge is -2.15. The Hall–Kier alpha value is -2.73. The van der Waals surface area contributed by atoms with Gasteiger partial charge < -0.3 is 10.1 Å². The van der Waals surface area contributed by atoms with E-state index in [9.17, 15) is 4.79 Å². The molecule has 0 saturated carbocycles. The highest BCUT2D eigenvalue weighted by atomic mass is 32.2. The summed E-state index contributed by atoms with van der Waals surface area (Å²) in [5.74, 6) is 0.583. The quantitative estimate of drug-likeness (QED) is 0.572. The third-order valence-corrected chi connectivity index (χ3v) is 5.27. The number of hydrogen-bond acceptors (Lipinski definition) is 4. The van der Waals surface area contributed by atoms with Gasteiger partial charge in [0, 0.05) is 18.1 Å². The first-order chi connectivity index (χ1) is 13.5. The molecule has 0 aliphatic carbocycles. The van der Waals surface area contributed by atoms with Crippen LogP contribution in [0.4, 0.5) is 5.69 Å². The second-order valence-corrected chi connectivity index (χ2v) is 7.91. The molecule has 146 valence electrons. The van der Waals surface area contributed by atoms with E-state index in [4.69, 9.17) is 4.74 Å². The molecule has 0 bridgehead atoms. The molecule has 3 rings (SSSR count). The summed E-state index contributed by atoms with van der Waals surface area (Å²) in [4.78, 5) is 17.2. The summed E-state index contributed by atoms with van der Waals surface area (Å²) in [5.41, 5.74) is 4.11. The molecule has 2 aromatic carbocycles. The molecule has 0 saturated heterocycles. The molecule has 1 aromatic heterocycles. The molecule has 6 heteroatoms. The predicted molar refractivity (Wildman–Crippen MR) is 115 cm³/mol. The molecule has 0 aliphatic rings. The van der Waals surface area contributed by atoms with Crippen LogP contribution in [-0.4, -0.2) is 27.3 Å². The standard InChI is InChI=1S/C22H25N3O2S/c1-5-27-20-9-7-6-8-19(20)24-21(26)17(4)28-22-23-10-11-25(22)18-13-15(2)12-16(3)14-18/h6-14,17H,5H2,1-4H3,(H,24,26). The minimum atomic E-state index is -0.318. The second-order valence-electron chi connectivity index (χ2n) is 6.60. The van der Waals surface area contributed by atoms with Gasteiger partial charge in [0.25, 0.3) is 0 Å². The molecule has 1 atom stereocenters. The third-order valence-electron chi connectivity index (χ3n) is 4.19. The number of para-hydroxylation sites is 2. The molecule has 28 heavy (non-hydrogen) atoms. The van der Waals surface area contributed by atoms with Crippen molar-refractivity contribution in [3.05, 3.63) is 66.0 Å². The number of nitrogens with one attached hydrogen (secondary N) is 1. The highest BCUT2D eigenvalue weighted by Crippen LogP contribution is 2.28. The molecule has 1 amide bonds. The van der Waals surface area contributed by atoms with Crippen molar-refractivity contribution in [2.45, 2.75) is 38.1 Å². The van der Waals surface area contributed by atoms with Crippen molar-refractivity contribution >= 4 is 23.4 Å². The molecule has 1 heterocycles. The van der Waals surface area contributed by atoms with Crippen LogP contribution in [-0.2, 0) is 4.79 Å². The molecule has 1 N–H and O–H groups in total. The average molecular weight is 396 g/mol. The Bertz CT molecular complexity index is 948. The van der Waals surface area contributed by atoms with Crippen molar-refractivity contribution in [1.29, 1.82) is 0 Å². The Labute approximate surface area is 170 Å². The molecular weight excluding hydrogens is 370 g/mol. The number of imidazole rings is 1. The summed E-state index contributed by atoms with van der Waals surface area (Å²) >= 11 is 1.43. The number of carbonyl (C=O) groups excluding carboxylic acids is 1. The fourth-order valence-electron chi connectivity index (χ4n) is 2.96. The summed E-state index contributed by atoms with van der Waals surface area (Å²) in [7, 11) is 0. The lowest BCUT2D eigenvalue weighted by atomic mass is 10.1. The van der Waals surface area contributed by atoms with Crippen LogP contribution < -0.4 is 10.1 Å². The highest BCUT2D eigenvalue weighted by molar-refractivity contribution is 8.00. The molecular formula is C22H25N3O2S. The van der Waals surface area contributed by atoms with Crippen LogP contribution in [0.2, 0.25) is 0 Å². The smallest absolute Gasteiger partial charge is 0.237 e. The van der Waals surface area contributed by atoms with Crippen molar-refractivity contribution < 1.29 is 9.53 Å². The monoisotopic (exact) mass is 395 g/mol. The van der Waals surface area contributed by atoms with Gasteiger partial charge in [-0.25, -0.2) is 4.98 Å². The van der Waals surface area contributed by atoms with Gasteiger partial charge in [-0.3, -0.25) is 9.36 Å². The van der Waals surface area contributed by atoms with E-state index in [1.807, 2.05) is 48.9 Å². The summed E-state index contributed by atoms with van der Waals surface area (Å²) in [6, 6.07) is 13.8. The van der Waals surface area contributed by atoms with Crippen molar-refractivity contribution in [2.75, 3.05) is 11.9 Å². The molecule has 0 spiro atoms. The number of aryl methyl sites for hydroxylation is 2. The fraction of sp³-hybridized carbons (Fsp3) is 0.273. The Morgan fingerprint density at radius 1 is 1.21 bits per heavy atom. The van der Waals surface area contributed by atoms with Crippen LogP contribution in [0, 0.1) is 13.8 Å². The maximum absolute atomic E-state index is 12.7. The maximum atomic E-state index is 12.7. The number of anilines is 1. The van der Waals surface area contributed by atoms with E-state index in [-0.39, 0.29) is 11.2 Å². The van der Waals surface area contributed by atoms with Crippen LogP contribution in [0.5, 0.6) is 5.75 Å². The first-order valence-corrected chi connectivity index (χ1v) is 10.2. The normalized spacial score (nSPS) is 11.9. The zero-order chi connectivity index (χ0) is 20.1. The minimum absolute atomic E-state index is 0.0906. The molecule has 0 radical (unpaired) electrons. The number of aromatic nitrogens is 2. The van der Waals surface area contributed by atoms with Crippen molar-refractivity contribution in [3.63, 3.8) is 0 Å². The van der Waals surface area contributed by atoms with E-state index in [2.05, 4.69) is 42.3 Å². The molecule has 0 aliphatic heterocycles. The molecule has 5 nitrogen and oxygen atoms in total. The Morgan fingerprint density at radius 3 is 2.64 bits per heavy atom. The predicted octanol–water partition coefficient (Wildman–Crippen LogP) is 5.01. The van der Waals surface area contributed by atoms with Crippen molar-refractivity contribution in [2.24, 2.45) is 0 Å². The SMILES string of the molecule is CCOc1ccccc1NC(=O)C(C)Sc1nccn1-c1cc(C)cc(C)c1. The number of benzene rings is 2. The number of thioether (sulfide) groups is 1. The van der Waals surface area contributed by atoms with Gasteiger partial charge in [-0.15, -0.1) is 0 Å². The van der Waals surface area contributed by atoms with Crippen LogP contribution in [0.25, 0.3) is 5.69 Å². The summed E-state index contributed by atoms with van der Waals surface area (Å²) < 4.78 is 7.60. The third kappa shape index (κ3) is 4.75. The highest BCUT2D eigenvalue weighted by Gasteiger charge is 2.19. The van der Waals surface area contributed by atoms with E-state index in [0.29, 0.717) is 18.0 Å². The Morgan fingerprint density at radius 2 is 1.93 bits per heavy atom. The summed E-state index contributed by atoms with van der Waals surface area (Å²) in [6.07, 6.45) is 3.68. The first-order valence-electron chi connectivity index (χ1n) is 9.29. The fourth-order valence-corrected chi connectivity index (χ4v) is 3.84. The van der Waals surface area contributed by atoms with Gasteiger partial charge >= 0.3 is 0 Å². The van der Waals surface area contributed by atoms with Crippen LogP contribution >= 0.6 is 11.8 Å². The average Bonchev–Trinajstić information content (AvgIpc) is 3.11. The van der Waals surface area contributed by atoms with Gasteiger partial charge in [-0.05, 0) is 63.1 Å².